The van der Waals surface area contributed by atoms with Gasteiger partial charge in [0.05, 0.1) is 12.6 Å². The molecular weight excluding hydrogens is 320 g/mol. The average Bonchev–Trinajstić information content (AvgIpc) is 2.68. The van der Waals surface area contributed by atoms with E-state index in [1.807, 2.05) is 18.3 Å². The van der Waals surface area contributed by atoms with Gasteiger partial charge in [0.2, 0.25) is 0 Å². The van der Waals surface area contributed by atoms with Crippen LogP contribution in [0.1, 0.15) is 31.7 Å². The predicted octanol–water partition coefficient (Wildman–Crippen LogP) is 5.05. The third-order valence-corrected chi connectivity index (χ3v) is 6.04. The molecule has 1 aromatic carbocycles. The van der Waals surface area contributed by atoms with Crippen molar-refractivity contribution >= 4 is 10.9 Å². The van der Waals surface area contributed by atoms with Gasteiger partial charge in [-0.25, -0.2) is 0 Å². The number of hydrogen-bond donors (Lipinski definition) is 0. The number of ether oxygens (including phenoxy) is 1. The highest BCUT2D eigenvalue weighted by Gasteiger charge is 2.30. The van der Waals surface area contributed by atoms with Crippen molar-refractivity contribution in [3.05, 3.63) is 61.3 Å². The molecule has 2 heterocycles. The minimum Gasteiger partial charge on any atom is -0.497 e. The summed E-state index contributed by atoms with van der Waals surface area (Å²) in [5, 5.41) is 1.15. The molecule has 1 aromatic heterocycles. The summed E-state index contributed by atoms with van der Waals surface area (Å²) in [6.07, 6.45) is 7.33. The first kappa shape index (κ1) is 18.7. The third-order valence-electron chi connectivity index (χ3n) is 6.04. The molecular formula is C23H30N2O. The molecule has 0 amide bonds. The maximum atomic E-state index is 5.43. The summed E-state index contributed by atoms with van der Waals surface area (Å²) < 4.78 is 5.43. The zero-order chi connectivity index (χ0) is 18.7. The van der Waals surface area contributed by atoms with Crippen molar-refractivity contribution in [3.8, 4) is 5.75 Å². The number of fused-ring (bicyclic) bond motifs is 1. The number of pyridine rings is 1. The first-order chi connectivity index (χ1) is 12.6. The molecule has 0 saturated carbocycles. The molecule has 1 aliphatic rings. The fourth-order valence-corrected chi connectivity index (χ4v) is 4.18. The van der Waals surface area contributed by atoms with Gasteiger partial charge in [-0.2, -0.15) is 0 Å². The lowest BCUT2D eigenvalue weighted by Crippen LogP contribution is -2.45. The molecule has 138 valence electrons. The Hall–Kier alpha value is -2.13. The van der Waals surface area contributed by atoms with Crippen LogP contribution in [0.25, 0.3) is 10.9 Å². The Morgan fingerprint density at radius 1 is 1.31 bits per heavy atom. The summed E-state index contributed by atoms with van der Waals surface area (Å²) in [6.45, 7) is 15.1. The second-order valence-corrected chi connectivity index (χ2v) is 7.45. The van der Waals surface area contributed by atoms with Crippen molar-refractivity contribution in [1.29, 1.82) is 0 Å². The van der Waals surface area contributed by atoms with Crippen molar-refractivity contribution in [3.63, 3.8) is 0 Å². The second-order valence-electron chi connectivity index (χ2n) is 7.45. The van der Waals surface area contributed by atoms with E-state index >= 15 is 0 Å². The molecule has 1 saturated heterocycles. The molecule has 4 atom stereocenters. The molecule has 4 unspecified atom stereocenters. The Morgan fingerprint density at radius 3 is 2.81 bits per heavy atom. The van der Waals surface area contributed by atoms with Crippen molar-refractivity contribution in [2.24, 2.45) is 11.8 Å². The fourth-order valence-electron chi connectivity index (χ4n) is 4.18. The number of benzene rings is 1. The van der Waals surface area contributed by atoms with E-state index < -0.39 is 0 Å². The molecule has 1 aliphatic heterocycles. The van der Waals surface area contributed by atoms with Gasteiger partial charge < -0.3 is 4.74 Å². The minimum absolute atomic E-state index is 0.242. The molecule has 0 bridgehead atoms. The average molecular weight is 351 g/mol. The van der Waals surface area contributed by atoms with Crippen LogP contribution in [0.2, 0.25) is 0 Å². The summed E-state index contributed by atoms with van der Waals surface area (Å²) >= 11 is 0. The van der Waals surface area contributed by atoms with E-state index in [1.54, 1.807) is 7.11 Å². The maximum absolute atomic E-state index is 5.43. The van der Waals surface area contributed by atoms with Gasteiger partial charge in [-0.05, 0) is 61.6 Å². The smallest absolute Gasteiger partial charge is 0.119 e. The molecule has 3 rings (SSSR count). The lowest BCUT2D eigenvalue weighted by Gasteiger charge is -2.41. The summed E-state index contributed by atoms with van der Waals surface area (Å²) in [4.78, 5) is 7.11. The van der Waals surface area contributed by atoms with E-state index in [4.69, 9.17) is 4.74 Å². The molecule has 0 radical (unpaired) electrons. The number of methoxy groups -OCH3 is 1. The van der Waals surface area contributed by atoms with E-state index in [0.29, 0.717) is 17.9 Å². The van der Waals surface area contributed by atoms with Crippen molar-refractivity contribution in [2.45, 2.75) is 32.2 Å². The Labute approximate surface area is 157 Å². The molecule has 0 spiro atoms. The molecule has 3 nitrogen and oxygen atoms in total. The summed E-state index contributed by atoms with van der Waals surface area (Å²) in [5.74, 6) is 2.38. The van der Waals surface area contributed by atoms with Crippen molar-refractivity contribution in [2.75, 3.05) is 20.2 Å². The number of aromatic nitrogens is 1. The zero-order valence-electron chi connectivity index (χ0n) is 16.2. The van der Waals surface area contributed by atoms with E-state index in [2.05, 4.69) is 61.2 Å². The van der Waals surface area contributed by atoms with Crippen LogP contribution < -0.4 is 4.74 Å². The van der Waals surface area contributed by atoms with Gasteiger partial charge in [0.15, 0.2) is 0 Å². The molecule has 0 aliphatic carbocycles. The van der Waals surface area contributed by atoms with E-state index in [0.717, 1.165) is 29.7 Å². The minimum atomic E-state index is 0.242. The first-order valence-corrected chi connectivity index (χ1v) is 9.50. The maximum Gasteiger partial charge on any atom is 0.119 e. The van der Waals surface area contributed by atoms with E-state index in [-0.39, 0.29) is 5.92 Å². The molecule has 3 heteroatoms. The number of likely N-dealkylation sites (tertiary alicyclic amines) is 1. The van der Waals surface area contributed by atoms with Gasteiger partial charge in [-0.15, -0.1) is 13.2 Å². The van der Waals surface area contributed by atoms with Gasteiger partial charge in [-0.3, -0.25) is 9.88 Å². The largest absolute Gasteiger partial charge is 0.497 e. The van der Waals surface area contributed by atoms with Crippen LogP contribution in [0.15, 0.2) is 55.8 Å². The van der Waals surface area contributed by atoms with Gasteiger partial charge in [0, 0.05) is 30.1 Å². The highest BCUT2D eigenvalue weighted by molar-refractivity contribution is 5.84. The van der Waals surface area contributed by atoms with Crippen LogP contribution in [0, 0.1) is 11.8 Å². The van der Waals surface area contributed by atoms with Gasteiger partial charge in [0.1, 0.15) is 5.75 Å². The highest BCUT2D eigenvalue weighted by atomic mass is 16.5. The number of nitrogens with zero attached hydrogens (tertiary/aromatic N) is 2. The van der Waals surface area contributed by atoms with Gasteiger partial charge in [-0.1, -0.05) is 19.1 Å². The number of piperidine rings is 1. The number of hydrogen-bond acceptors (Lipinski definition) is 3. The Balaban J connectivity index is 1.94. The van der Waals surface area contributed by atoms with Crippen LogP contribution >= 0.6 is 0 Å². The first-order valence-electron chi connectivity index (χ1n) is 9.50. The molecule has 0 N–H and O–H groups in total. The van der Waals surface area contributed by atoms with Crippen molar-refractivity contribution in [1.82, 2.24) is 9.88 Å². The van der Waals surface area contributed by atoms with Crippen LogP contribution in [-0.4, -0.2) is 36.1 Å². The Morgan fingerprint density at radius 2 is 2.12 bits per heavy atom. The quantitative estimate of drug-likeness (QED) is 0.682. The van der Waals surface area contributed by atoms with Crippen LogP contribution in [-0.2, 0) is 0 Å². The molecule has 26 heavy (non-hydrogen) atoms. The SMILES string of the molecule is C=CC1CN(C(C)C(C=C)c2ccnc3ccc(OC)cc23)CCC1C. The highest BCUT2D eigenvalue weighted by Crippen LogP contribution is 2.34. The zero-order valence-corrected chi connectivity index (χ0v) is 16.2. The fraction of sp³-hybridized carbons (Fsp3) is 0.435. The van der Waals surface area contributed by atoms with Crippen LogP contribution in [0.5, 0.6) is 5.75 Å². The summed E-state index contributed by atoms with van der Waals surface area (Å²) in [7, 11) is 1.70. The van der Waals surface area contributed by atoms with Crippen molar-refractivity contribution < 1.29 is 4.74 Å². The number of rotatable bonds is 6. The van der Waals surface area contributed by atoms with E-state index in [1.165, 1.54) is 12.0 Å². The molecule has 1 fully saturated rings. The Kier molecular flexibility index (Phi) is 5.77. The lowest BCUT2D eigenvalue weighted by atomic mass is 9.83. The lowest BCUT2D eigenvalue weighted by molar-refractivity contribution is 0.108. The van der Waals surface area contributed by atoms with E-state index in [9.17, 15) is 0 Å². The summed E-state index contributed by atoms with van der Waals surface area (Å²) in [5.41, 5.74) is 2.27. The van der Waals surface area contributed by atoms with Crippen LogP contribution in [0.3, 0.4) is 0 Å². The molecule has 2 aromatic rings. The monoisotopic (exact) mass is 350 g/mol. The second kappa shape index (κ2) is 8.05. The normalized spacial score (nSPS) is 23.3. The van der Waals surface area contributed by atoms with Gasteiger partial charge in [0.25, 0.3) is 0 Å². The Bertz CT molecular complexity index is 785. The standard InChI is InChI=1S/C23H30N2O/c1-6-18-15-25(13-11-16(18)3)17(4)20(7-2)21-10-12-24-23-9-8-19(26-5)14-22(21)23/h6-10,12,14,16-18,20H,1-2,11,13,15H2,3-5H3. The predicted molar refractivity (Wildman–Crippen MR) is 110 cm³/mol. The topological polar surface area (TPSA) is 25.4 Å². The van der Waals surface area contributed by atoms with Crippen LogP contribution in [0.4, 0.5) is 0 Å². The van der Waals surface area contributed by atoms with Gasteiger partial charge >= 0.3 is 0 Å². The third kappa shape index (κ3) is 3.54. The summed E-state index contributed by atoms with van der Waals surface area (Å²) in [6, 6.07) is 8.58.